The zero-order chi connectivity index (χ0) is 12.4. The lowest BCUT2D eigenvalue weighted by atomic mass is 9.80. The summed E-state index contributed by atoms with van der Waals surface area (Å²) in [7, 11) is 0. The van der Waals surface area contributed by atoms with Crippen molar-refractivity contribution >= 4 is 5.97 Å². The number of hydrogen-bond acceptors (Lipinski definition) is 2. The summed E-state index contributed by atoms with van der Waals surface area (Å²) in [5, 5.41) is 9.24. The number of carboxylic acids is 1. The second-order valence-electron chi connectivity index (χ2n) is 5.29. The van der Waals surface area contributed by atoms with Crippen LogP contribution in [0.4, 0.5) is 0 Å². The highest BCUT2D eigenvalue weighted by Gasteiger charge is 2.22. The van der Waals surface area contributed by atoms with Crippen LogP contribution >= 0.6 is 0 Å². The van der Waals surface area contributed by atoms with Gasteiger partial charge in [0.25, 0.3) is 0 Å². The molecule has 1 aliphatic carbocycles. The highest BCUT2D eigenvalue weighted by atomic mass is 16.4. The normalized spacial score (nSPS) is 15.9. The molecule has 0 bridgehead atoms. The van der Waals surface area contributed by atoms with Gasteiger partial charge in [-0.05, 0) is 42.7 Å². The number of pyridine rings is 1. The first-order valence-corrected chi connectivity index (χ1v) is 6.30. The molecule has 0 radical (unpaired) electrons. The average molecular weight is 233 g/mol. The van der Waals surface area contributed by atoms with E-state index in [9.17, 15) is 9.90 Å². The van der Waals surface area contributed by atoms with Crippen LogP contribution < -0.4 is 0 Å². The topological polar surface area (TPSA) is 50.2 Å². The lowest BCUT2D eigenvalue weighted by Gasteiger charge is -2.26. The van der Waals surface area contributed by atoms with Crippen LogP contribution in [0.3, 0.4) is 0 Å². The Bertz CT molecular complexity index is 422. The standard InChI is InChI=1S/C14H19NO2/c1-9(2)6-13-12(14(16)17)7-11(8-15-13)10-4-3-5-10/h7-10H,3-6H2,1-2H3,(H,16,17). The predicted octanol–water partition coefficient (Wildman–Crippen LogP) is 3.25. The molecule has 92 valence electrons. The predicted molar refractivity (Wildman–Crippen MR) is 66.3 cm³/mol. The molecule has 1 saturated carbocycles. The molecule has 1 N–H and O–H groups in total. The van der Waals surface area contributed by atoms with Crippen LogP contribution in [-0.2, 0) is 6.42 Å². The molecule has 3 nitrogen and oxygen atoms in total. The largest absolute Gasteiger partial charge is 0.478 e. The molecule has 0 aromatic carbocycles. The molecular weight excluding hydrogens is 214 g/mol. The van der Waals surface area contributed by atoms with Gasteiger partial charge in [-0.3, -0.25) is 4.98 Å². The number of aromatic nitrogens is 1. The molecule has 1 fully saturated rings. The minimum absolute atomic E-state index is 0.392. The van der Waals surface area contributed by atoms with Crippen molar-refractivity contribution in [3.05, 3.63) is 29.1 Å². The van der Waals surface area contributed by atoms with Crippen molar-refractivity contribution in [3.63, 3.8) is 0 Å². The van der Waals surface area contributed by atoms with Gasteiger partial charge in [0.1, 0.15) is 0 Å². The van der Waals surface area contributed by atoms with Crippen molar-refractivity contribution in [2.24, 2.45) is 5.92 Å². The summed E-state index contributed by atoms with van der Waals surface area (Å²) >= 11 is 0. The summed E-state index contributed by atoms with van der Waals surface area (Å²) < 4.78 is 0. The van der Waals surface area contributed by atoms with Crippen LogP contribution in [0, 0.1) is 5.92 Å². The highest BCUT2D eigenvalue weighted by Crippen LogP contribution is 2.36. The fourth-order valence-corrected chi connectivity index (χ4v) is 2.21. The number of nitrogens with zero attached hydrogens (tertiary/aromatic N) is 1. The number of hydrogen-bond donors (Lipinski definition) is 1. The van der Waals surface area contributed by atoms with Crippen molar-refractivity contribution in [2.75, 3.05) is 0 Å². The van der Waals surface area contributed by atoms with Gasteiger partial charge >= 0.3 is 5.97 Å². The summed E-state index contributed by atoms with van der Waals surface area (Å²) in [6.07, 6.45) is 6.19. The highest BCUT2D eigenvalue weighted by molar-refractivity contribution is 5.89. The minimum atomic E-state index is -0.852. The molecule has 1 heterocycles. The van der Waals surface area contributed by atoms with E-state index >= 15 is 0 Å². The molecule has 1 aromatic rings. The smallest absolute Gasteiger partial charge is 0.337 e. The van der Waals surface area contributed by atoms with Crippen molar-refractivity contribution in [1.29, 1.82) is 0 Å². The summed E-state index contributed by atoms with van der Waals surface area (Å²) in [6, 6.07) is 1.83. The van der Waals surface area contributed by atoms with Gasteiger partial charge in [-0.25, -0.2) is 4.79 Å². The third-order valence-corrected chi connectivity index (χ3v) is 3.40. The van der Waals surface area contributed by atoms with E-state index in [4.69, 9.17) is 0 Å². The molecule has 0 unspecified atom stereocenters. The number of rotatable bonds is 4. The Labute approximate surface area is 102 Å². The van der Waals surface area contributed by atoms with Gasteiger partial charge in [0.2, 0.25) is 0 Å². The van der Waals surface area contributed by atoms with Crippen molar-refractivity contribution in [3.8, 4) is 0 Å². The van der Waals surface area contributed by atoms with E-state index < -0.39 is 5.97 Å². The minimum Gasteiger partial charge on any atom is -0.478 e. The Kier molecular flexibility index (Phi) is 3.46. The Balaban J connectivity index is 2.30. The SMILES string of the molecule is CC(C)Cc1ncc(C2CCC2)cc1C(=O)O. The van der Waals surface area contributed by atoms with Crippen LogP contribution in [0.1, 0.15) is 60.6 Å². The first kappa shape index (κ1) is 12.1. The van der Waals surface area contributed by atoms with E-state index in [-0.39, 0.29) is 0 Å². The van der Waals surface area contributed by atoms with Crippen molar-refractivity contribution in [2.45, 2.75) is 45.4 Å². The molecule has 1 aliphatic rings. The molecule has 0 saturated heterocycles. The molecule has 0 atom stereocenters. The van der Waals surface area contributed by atoms with Crippen LogP contribution in [-0.4, -0.2) is 16.1 Å². The maximum atomic E-state index is 11.2. The van der Waals surface area contributed by atoms with Crippen LogP contribution in [0.25, 0.3) is 0 Å². The first-order valence-electron chi connectivity index (χ1n) is 6.30. The van der Waals surface area contributed by atoms with Gasteiger partial charge in [-0.15, -0.1) is 0 Å². The van der Waals surface area contributed by atoms with E-state index in [0.29, 0.717) is 17.4 Å². The van der Waals surface area contributed by atoms with Gasteiger partial charge in [-0.1, -0.05) is 20.3 Å². The van der Waals surface area contributed by atoms with E-state index in [2.05, 4.69) is 18.8 Å². The summed E-state index contributed by atoms with van der Waals surface area (Å²) in [6.45, 7) is 4.15. The first-order chi connectivity index (χ1) is 8.08. The Morgan fingerprint density at radius 2 is 2.24 bits per heavy atom. The van der Waals surface area contributed by atoms with Gasteiger partial charge in [0.05, 0.1) is 11.3 Å². The fourth-order valence-electron chi connectivity index (χ4n) is 2.21. The molecule has 3 heteroatoms. The maximum Gasteiger partial charge on any atom is 0.337 e. The Morgan fingerprint density at radius 3 is 2.71 bits per heavy atom. The number of carbonyl (C=O) groups is 1. The van der Waals surface area contributed by atoms with Crippen molar-refractivity contribution in [1.82, 2.24) is 4.98 Å². The second-order valence-corrected chi connectivity index (χ2v) is 5.29. The third kappa shape index (κ3) is 2.65. The fraction of sp³-hybridized carbons (Fsp3) is 0.571. The summed E-state index contributed by atoms with van der Waals surface area (Å²) in [5.41, 5.74) is 2.21. The number of carboxylic acid groups (broad SMARTS) is 1. The molecule has 2 rings (SSSR count). The van der Waals surface area contributed by atoms with Gasteiger partial charge in [0, 0.05) is 6.20 Å². The lowest BCUT2D eigenvalue weighted by molar-refractivity contribution is 0.0694. The molecule has 17 heavy (non-hydrogen) atoms. The third-order valence-electron chi connectivity index (χ3n) is 3.40. The van der Waals surface area contributed by atoms with E-state index in [1.807, 2.05) is 12.3 Å². The van der Waals surface area contributed by atoms with Gasteiger partial charge in [0.15, 0.2) is 0 Å². The number of aromatic carboxylic acids is 1. The summed E-state index contributed by atoms with van der Waals surface area (Å²) in [4.78, 5) is 15.6. The monoisotopic (exact) mass is 233 g/mol. The van der Waals surface area contributed by atoms with Crippen LogP contribution in [0.15, 0.2) is 12.3 Å². The molecule has 0 spiro atoms. The zero-order valence-electron chi connectivity index (χ0n) is 10.4. The quantitative estimate of drug-likeness (QED) is 0.868. The van der Waals surface area contributed by atoms with Crippen LogP contribution in [0.5, 0.6) is 0 Å². The van der Waals surface area contributed by atoms with E-state index in [1.165, 1.54) is 19.3 Å². The molecule has 0 amide bonds. The Hall–Kier alpha value is -1.38. The molecule has 1 aromatic heterocycles. The Morgan fingerprint density at radius 1 is 1.53 bits per heavy atom. The van der Waals surface area contributed by atoms with Crippen LogP contribution in [0.2, 0.25) is 0 Å². The van der Waals surface area contributed by atoms with Gasteiger partial charge in [-0.2, -0.15) is 0 Å². The maximum absolute atomic E-state index is 11.2. The molecular formula is C14H19NO2. The second kappa shape index (κ2) is 4.86. The van der Waals surface area contributed by atoms with Gasteiger partial charge < -0.3 is 5.11 Å². The van der Waals surface area contributed by atoms with E-state index in [1.54, 1.807) is 0 Å². The van der Waals surface area contributed by atoms with Crippen molar-refractivity contribution < 1.29 is 9.90 Å². The van der Waals surface area contributed by atoms with E-state index in [0.717, 1.165) is 17.7 Å². The molecule has 0 aliphatic heterocycles. The average Bonchev–Trinajstić information content (AvgIpc) is 2.16. The zero-order valence-corrected chi connectivity index (χ0v) is 10.4. The lowest BCUT2D eigenvalue weighted by Crippen LogP contribution is -2.13. The summed E-state index contributed by atoms with van der Waals surface area (Å²) in [5.74, 6) is 0.109.